The van der Waals surface area contributed by atoms with Gasteiger partial charge < -0.3 is 4.98 Å². The first-order valence-corrected chi connectivity index (χ1v) is 10.0. The zero-order chi connectivity index (χ0) is 18.0. The van der Waals surface area contributed by atoms with Crippen LogP contribution in [-0.4, -0.2) is 22.5 Å². The zero-order valence-electron chi connectivity index (χ0n) is 15.6. The average Bonchev–Trinajstić information content (AvgIpc) is 2.73. The van der Waals surface area contributed by atoms with Crippen molar-refractivity contribution >= 4 is 26.8 Å². The topological polar surface area (TPSA) is 36.1 Å². The average molecular weight is 403 g/mol. The number of aromatic amines is 1. The van der Waals surface area contributed by atoms with E-state index in [0.29, 0.717) is 16.9 Å². The molecule has 2 aliphatic rings. The summed E-state index contributed by atoms with van der Waals surface area (Å²) in [4.78, 5) is 19.1. The van der Waals surface area contributed by atoms with Crippen LogP contribution in [0, 0.1) is 17.8 Å². The second kappa shape index (κ2) is 5.68. The Labute approximate surface area is 157 Å². The van der Waals surface area contributed by atoms with Gasteiger partial charge in [-0.3, -0.25) is 9.69 Å². The van der Waals surface area contributed by atoms with Crippen LogP contribution in [0.2, 0.25) is 0 Å². The van der Waals surface area contributed by atoms with Gasteiger partial charge in [0.15, 0.2) is 5.43 Å². The minimum Gasteiger partial charge on any atom is -0.358 e. The van der Waals surface area contributed by atoms with Gasteiger partial charge in [0.05, 0.1) is 0 Å². The molecule has 1 saturated heterocycles. The maximum atomic E-state index is 13.1. The van der Waals surface area contributed by atoms with E-state index in [4.69, 9.17) is 0 Å². The minimum absolute atomic E-state index is 0.179. The highest BCUT2D eigenvalue weighted by Gasteiger charge is 2.49. The molecule has 134 valence electrons. The van der Waals surface area contributed by atoms with Crippen molar-refractivity contribution < 1.29 is 0 Å². The van der Waals surface area contributed by atoms with Gasteiger partial charge in [0.2, 0.25) is 0 Å². The maximum absolute atomic E-state index is 13.1. The second-order valence-corrected chi connectivity index (χ2v) is 10.3. The van der Waals surface area contributed by atoms with Crippen molar-refractivity contribution in [2.75, 3.05) is 6.54 Å². The number of nitrogens with zero attached hydrogens (tertiary/aromatic N) is 1. The molecule has 1 N–H and O–H groups in total. The smallest absolute Gasteiger partial charge is 0.194 e. The van der Waals surface area contributed by atoms with Crippen molar-refractivity contribution in [1.29, 1.82) is 0 Å². The Morgan fingerprint density at radius 3 is 2.80 bits per heavy atom. The number of hydrogen-bond acceptors (Lipinski definition) is 2. The highest BCUT2D eigenvalue weighted by atomic mass is 79.9. The van der Waals surface area contributed by atoms with E-state index in [1.54, 1.807) is 0 Å². The molecule has 0 spiro atoms. The van der Waals surface area contributed by atoms with Gasteiger partial charge in [-0.25, -0.2) is 0 Å². The van der Waals surface area contributed by atoms with Gasteiger partial charge in [-0.2, -0.15) is 0 Å². The lowest BCUT2D eigenvalue weighted by Gasteiger charge is -2.40. The normalized spacial score (nSPS) is 28.6. The summed E-state index contributed by atoms with van der Waals surface area (Å²) >= 11 is 3.49. The Kier molecular flexibility index (Phi) is 3.93. The van der Waals surface area contributed by atoms with Crippen LogP contribution in [0.15, 0.2) is 27.5 Å². The highest BCUT2D eigenvalue weighted by molar-refractivity contribution is 9.10. The van der Waals surface area contributed by atoms with Crippen LogP contribution < -0.4 is 5.43 Å². The number of fused-ring (bicyclic) bond motifs is 3. The lowest BCUT2D eigenvalue weighted by molar-refractivity contribution is 0.126. The lowest BCUT2D eigenvalue weighted by Crippen LogP contribution is -2.35. The zero-order valence-corrected chi connectivity index (χ0v) is 17.2. The SMILES string of the molecule is Cc1[nH]c2ccc(Br)cc2c(=O)c1CN1C[C@@]2(C)C[C@@H]1CC(C)(C)C2. The Morgan fingerprint density at radius 2 is 2.04 bits per heavy atom. The summed E-state index contributed by atoms with van der Waals surface area (Å²) in [6.45, 7) is 11.1. The number of aryl methyl sites for hydroxylation is 1. The van der Waals surface area contributed by atoms with E-state index in [0.717, 1.165) is 39.7 Å². The summed E-state index contributed by atoms with van der Waals surface area (Å²) in [6.07, 6.45) is 3.79. The maximum Gasteiger partial charge on any atom is 0.194 e. The summed E-state index contributed by atoms with van der Waals surface area (Å²) in [5.74, 6) is 0. The molecule has 2 heterocycles. The number of halogens is 1. The van der Waals surface area contributed by atoms with Gasteiger partial charge in [0.1, 0.15) is 0 Å². The van der Waals surface area contributed by atoms with E-state index < -0.39 is 0 Å². The quantitative estimate of drug-likeness (QED) is 0.766. The molecule has 3 nitrogen and oxygen atoms in total. The standard InChI is InChI=1S/C21H27BrN2O/c1-13-17(19(25)16-7-14(22)5-6-18(16)23-13)10-24-12-21(4)9-15(24)8-20(2,3)11-21/h5-7,15H,8-12H2,1-4H3,(H,23,25)/t15-,21-/m0/s1. The molecule has 1 saturated carbocycles. The van der Waals surface area contributed by atoms with Gasteiger partial charge >= 0.3 is 0 Å². The van der Waals surface area contributed by atoms with Crippen LogP contribution in [0.5, 0.6) is 0 Å². The molecule has 2 atom stereocenters. The van der Waals surface area contributed by atoms with Crippen LogP contribution in [0.1, 0.15) is 51.3 Å². The fraction of sp³-hybridized carbons (Fsp3) is 0.571. The van der Waals surface area contributed by atoms with Gasteiger partial charge in [0, 0.05) is 45.8 Å². The number of aromatic nitrogens is 1. The monoisotopic (exact) mass is 402 g/mol. The van der Waals surface area contributed by atoms with E-state index in [1.807, 2.05) is 25.1 Å². The van der Waals surface area contributed by atoms with E-state index in [2.05, 4.69) is 46.6 Å². The fourth-order valence-electron chi connectivity index (χ4n) is 5.58. The first-order chi connectivity index (χ1) is 11.7. The van der Waals surface area contributed by atoms with Crippen LogP contribution >= 0.6 is 15.9 Å². The van der Waals surface area contributed by atoms with Gasteiger partial charge in [-0.05, 0) is 55.2 Å². The summed E-state index contributed by atoms with van der Waals surface area (Å²) < 4.78 is 0.951. The molecule has 4 rings (SSSR count). The Balaban J connectivity index is 1.71. The number of likely N-dealkylation sites (tertiary alicyclic amines) is 1. The molecule has 0 radical (unpaired) electrons. The third-order valence-electron chi connectivity index (χ3n) is 6.16. The number of rotatable bonds is 2. The molecule has 0 unspecified atom stereocenters. The van der Waals surface area contributed by atoms with E-state index >= 15 is 0 Å². The molecular weight excluding hydrogens is 376 g/mol. The van der Waals surface area contributed by atoms with Crippen molar-refractivity contribution in [1.82, 2.24) is 9.88 Å². The Bertz CT molecular complexity index is 901. The minimum atomic E-state index is 0.179. The first kappa shape index (κ1) is 17.3. The molecule has 1 aliphatic heterocycles. The third kappa shape index (κ3) is 3.08. The number of H-pyrrole nitrogens is 1. The second-order valence-electron chi connectivity index (χ2n) is 9.37. The number of pyridine rings is 1. The lowest BCUT2D eigenvalue weighted by atomic mass is 9.65. The molecule has 4 heteroatoms. The van der Waals surface area contributed by atoms with Crippen LogP contribution in [0.25, 0.3) is 10.9 Å². The van der Waals surface area contributed by atoms with Gasteiger partial charge in [-0.15, -0.1) is 0 Å². The summed E-state index contributed by atoms with van der Waals surface area (Å²) in [6, 6.07) is 6.49. The van der Waals surface area contributed by atoms with Crippen molar-refractivity contribution in [3.05, 3.63) is 44.2 Å². The molecule has 1 aliphatic carbocycles. The molecule has 0 amide bonds. The number of nitrogens with one attached hydrogen (secondary N) is 1. The van der Waals surface area contributed by atoms with E-state index in [1.165, 1.54) is 19.3 Å². The number of hydrogen-bond donors (Lipinski definition) is 1. The van der Waals surface area contributed by atoms with Crippen LogP contribution in [0.3, 0.4) is 0 Å². The molecule has 2 fully saturated rings. The van der Waals surface area contributed by atoms with Crippen LogP contribution in [-0.2, 0) is 6.54 Å². The summed E-state index contributed by atoms with van der Waals surface area (Å²) in [7, 11) is 0. The molecular formula is C21H27BrN2O. The molecule has 1 aromatic carbocycles. The van der Waals surface area contributed by atoms with E-state index in [9.17, 15) is 4.79 Å². The first-order valence-electron chi connectivity index (χ1n) is 9.21. The van der Waals surface area contributed by atoms with E-state index in [-0.39, 0.29) is 5.43 Å². The summed E-state index contributed by atoms with van der Waals surface area (Å²) in [5.41, 5.74) is 3.83. The molecule has 2 bridgehead atoms. The predicted molar refractivity (Wildman–Crippen MR) is 107 cm³/mol. The largest absolute Gasteiger partial charge is 0.358 e. The third-order valence-corrected chi connectivity index (χ3v) is 6.65. The summed E-state index contributed by atoms with van der Waals surface area (Å²) in [5, 5.41) is 0.781. The molecule has 2 aromatic rings. The van der Waals surface area contributed by atoms with Crippen LogP contribution in [0.4, 0.5) is 0 Å². The van der Waals surface area contributed by atoms with Gasteiger partial charge in [0.25, 0.3) is 0 Å². The molecule has 1 aromatic heterocycles. The van der Waals surface area contributed by atoms with Crippen molar-refractivity contribution in [2.24, 2.45) is 10.8 Å². The Morgan fingerprint density at radius 1 is 1.28 bits per heavy atom. The van der Waals surface area contributed by atoms with Crippen molar-refractivity contribution in [2.45, 2.75) is 59.5 Å². The fourth-order valence-corrected chi connectivity index (χ4v) is 5.94. The number of benzene rings is 1. The predicted octanol–water partition coefficient (Wildman–Crippen LogP) is 5.00. The molecule has 25 heavy (non-hydrogen) atoms. The van der Waals surface area contributed by atoms with Crippen molar-refractivity contribution in [3.8, 4) is 0 Å². The van der Waals surface area contributed by atoms with Gasteiger partial charge in [-0.1, -0.05) is 36.7 Å². The van der Waals surface area contributed by atoms with Crippen molar-refractivity contribution in [3.63, 3.8) is 0 Å². The highest BCUT2D eigenvalue weighted by Crippen LogP contribution is 2.52. The Hall–Kier alpha value is -1.13.